The van der Waals surface area contributed by atoms with E-state index in [1.165, 1.54) is 11.6 Å². The third-order valence-corrected chi connectivity index (χ3v) is 3.38. The first kappa shape index (κ1) is 15.4. The summed E-state index contributed by atoms with van der Waals surface area (Å²) in [6.07, 6.45) is -2.68. The van der Waals surface area contributed by atoms with Gasteiger partial charge in [0.05, 0.1) is 5.56 Å². The Hall–Kier alpha value is -1.97. The van der Waals surface area contributed by atoms with Crippen molar-refractivity contribution in [3.63, 3.8) is 0 Å². The second-order valence-corrected chi connectivity index (χ2v) is 5.02. The number of hydrogen-bond donors (Lipinski definition) is 1. The van der Waals surface area contributed by atoms with Crippen LogP contribution in [0.1, 0.15) is 24.5 Å². The molecule has 1 N–H and O–H groups in total. The summed E-state index contributed by atoms with van der Waals surface area (Å²) >= 11 is 0. The van der Waals surface area contributed by atoms with E-state index in [4.69, 9.17) is 0 Å². The smallest absolute Gasteiger partial charge is 0.382 e. The Morgan fingerprint density at radius 1 is 1.00 bits per heavy atom. The summed E-state index contributed by atoms with van der Waals surface area (Å²) in [6, 6.07) is 15.4. The van der Waals surface area contributed by atoms with Crippen LogP contribution in [0.2, 0.25) is 0 Å². The fourth-order valence-electron chi connectivity index (χ4n) is 2.22. The maximum Gasteiger partial charge on any atom is 0.416 e. The van der Waals surface area contributed by atoms with Gasteiger partial charge in [0, 0.05) is 11.7 Å². The van der Waals surface area contributed by atoms with Gasteiger partial charge in [-0.3, -0.25) is 0 Å². The molecule has 2 aromatic carbocycles. The number of hydrogen-bond acceptors (Lipinski definition) is 1. The van der Waals surface area contributed by atoms with Gasteiger partial charge in [0.1, 0.15) is 0 Å². The second kappa shape index (κ2) is 6.66. The van der Waals surface area contributed by atoms with Crippen LogP contribution in [0.25, 0.3) is 0 Å². The Balaban J connectivity index is 2.08. The van der Waals surface area contributed by atoms with E-state index in [1.54, 1.807) is 6.07 Å². The third kappa shape index (κ3) is 4.52. The highest BCUT2D eigenvalue weighted by Gasteiger charge is 2.30. The lowest BCUT2D eigenvalue weighted by molar-refractivity contribution is -0.137. The molecule has 0 aliphatic carbocycles. The van der Waals surface area contributed by atoms with E-state index in [-0.39, 0.29) is 6.04 Å². The van der Waals surface area contributed by atoms with Crippen molar-refractivity contribution in [3.05, 3.63) is 65.7 Å². The summed E-state index contributed by atoms with van der Waals surface area (Å²) in [4.78, 5) is 0. The van der Waals surface area contributed by atoms with Gasteiger partial charge in [-0.05, 0) is 36.6 Å². The molecule has 0 saturated carbocycles. The topological polar surface area (TPSA) is 12.0 Å². The average Bonchev–Trinajstić information content (AvgIpc) is 2.47. The standard InChI is InChI=1S/C17H18F3N/c1-2-15(11-13-7-4-3-5-8-13)21-16-10-6-9-14(12-16)17(18,19)20/h3-10,12,15,21H,2,11H2,1H3. The number of rotatable bonds is 5. The van der Waals surface area contributed by atoms with Crippen LogP contribution in [0.5, 0.6) is 0 Å². The van der Waals surface area contributed by atoms with Crippen molar-refractivity contribution in [2.75, 3.05) is 5.32 Å². The predicted molar refractivity (Wildman–Crippen MR) is 79.3 cm³/mol. The SMILES string of the molecule is CCC(Cc1ccccc1)Nc1cccc(C(F)(F)F)c1. The minimum absolute atomic E-state index is 0.107. The van der Waals surface area contributed by atoms with Crippen molar-refractivity contribution in [3.8, 4) is 0 Å². The molecule has 0 aromatic heterocycles. The van der Waals surface area contributed by atoms with Crippen LogP contribution < -0.4 is 5.32 Å². The largest absolute Gasteiger partial charge is 0.416 e. The summed E-state index contributed by atoms with van der Waals surface area (Å²) in [5, 5.41) is 3.19. The van der Waals surface area contributed by atoms with E-state index in [2.05, 4.69) is 5.32 Å². The Bertz CT molecular complexity index is 564. The van der Waals surface area contributed by atoms with Crippen molar-refractivity contribution in [2.24, 2.45) is 0 Å². The van der Waals surface area contributed by atoms with E-state index in [1.807, 2.05) is 37.3 Å². The lowest BCUT2D eigenvalue weighted by atomic mass is 10.0. The Kier molecular flexibility index (Phi) is 4.89. The van der Waals surface area contributed by atoms with Gasteiger partial charge < -0.3 is 5.32 Å². The summed E-state index contributed by atoms with van der Waals surface area (Å²) in [5.74, 6) is 0. The van der Waals surface area contributed by atoms with Crippen LogP contribution in [0.3, 0.4) is 0 Å². The fraction of sp³-hybridized carbons (Fsp3) is 0.294. The third-order valence-electron chi connectivity index (χ3n) is 3.38. The van der Waals surface area contributed by atoms with Crippen molar-refractivity contribution < 1.29 is 13.2 Å². The molecule has 0 heterocycles. The number of benzene rings is 2. The quantitative estimate of drug-likeness (QED) is 0.805. The van der Waals surface area contributed by atoms with Crippen LogP contribution in [0, 0.1) is 0 Å². The zero-order valence-corrected chi connectivity index (χ0v) is 11.8. The number of nitrogens with one attached hydrogen (secondary N) is 1. The molecule has 0 bridgehead atoms. The maximum atomic E-state index is 12.7. The Labute approximate surface area is 122 Å². The molecule has 1 nitrogen and oxygen atoms in total. The summed E-state index contributed by atoms with van der Waals surface area (Å²) < 4.78 is 38.1. The number of alkyl halides is 3. The molecule has 2 rings (SSSR count). The molecule has 1 atom stereocenters. The molecule has 112 valence electrons. The van der Waals surface area contributed by atoms with Crippen LogP contribution >= 0.6 is 0 Å². The zero-order chi connectivity index (χ0) is 15.3. The van der Waals surface area contributed by atoms with Gasteiger partial charge in [-0.2, -0.15) is 13.2 Å². The molecular weight excluding hydrogens is 275 g/mol. The second-order valence-electron chi connectivity index (χ2n) is 5.02. The highest BCUT2D eigenvalue weighted by molar-refractivity contribution is 5.47. The molecule has 0 spiro atoms. The lowest BCUT2D eigenvalue weighted by Crippen LogP contribution is -2.21. The van der Waals surface area contributed by atoms with Crippen molar-refractivity contribution in [2.45, 2.75) is 32.0 Å². The molecule has 21 heavy (non-hydrogen) atoms. The van der Waals surface area contributed by atoms with Crippen molar-refractivity contribution in [1.82, 2.24) is 0 Å². The predicted octanol–water partition coefficient (Wildman–Crippen LogP) is 5.14. The van der Waals surface area contributed by atoms with Gasteiger partial charge in [0.25, 0.3) is 0 Å². The van der Waals surface area contributed by atoms with Crippen LogP contribution in [0.4, 0.5) is 18.9 Å². The number of anilines is 1. The minimum Gasteiger partial charge on any atom is -0.382 e. The molecule has 0 aliphatic heterocycles. The molecule has 0 amide bonds. The molecule has 0 saturated heterocycles. The summed E-state index contributed by atoms with van der Waals surface area (Å²) in [5.41, 5.74) is 1.05. The van der Waals surface area contributed by atoms with E-state index in [0.29, 0.717) is 5.69 Å². The van der Waals surface area contributed by atoms with Gasteiger partial charge >= 0.3 is 6.18 Å². The molecule has 2 aromatic rings. The maximum absolute atomic E-state index is 12.7. The summed E-state index contributed by atoms with van der Waals surface area (Å²) in [7, 11) is 0. The first-order valence-corrected chi connectivity index (χ1v) is 6.96. The van der Waals surface area contributed by atoms with Gasteiger partial charge in [0.2, 0.25) is 0 Å². The van der Waals surface area contributed by atoms with E-state index >= 15 is 0 Å². The van der Waals surface area contributed by atoms with Crippen LogP contribution in [-0.4, -0.2) is 6.04 Å². The minimum atomic E-state index is -4.31. The molecular formula is C17H18F3N. The van der Waals surface area contributed by atoms with Gasteiger partial charge in [-0.25, -0.2) is 0 Å². The Morgan fingerprint density at radius 3 is 2.33 bits per heavy atom. The average molecular weight is 293 g/mol. The molecule has 0 fully saturated rings. The van der Waals surface area contributed by atoms with E-state index in [9.17, 15) is 13.2 Å². The van der Waals surface area contributed by atoms with Gasteiger partial charge in [-0.15, -0.1) is 0 Å². The molecule has 0 radical (unpaired) electrons. The van der Waals surface area contributed by atoms with Gasteiger partial charge in [-0.1, -0.05) is 43.3 Å². The van der Waals surface area contributed by atoms with Gasteiger partial charge in [0.15, 0.2) is 0 Å². The first-order chi connectivity index (χ1) is 9.99. The Morgan fingerprint density at radius 2 is 1.71 bits per heavy atom. The summed E-state index contributed by atoms with van der Waals surface area (Å²) in [6.45, 7) is 2.02. The van der Waals surface area contributed by atoms with Crippen LogP contribution in [-0.2, 0) is 12.6 Å². The monoisotopic (exact) mass is 293 g/mol. The highest BCUT2D eigenvalue weighted by atomic mass is 19.4. The van der Waals surface area contributed by atoms with Crippen molar-refractivity contribution >= 4 is 5.69 Å². The molecule has 0 aliphatic rings. The normalized spacial score (nSPS) is 13.0. The van der Waals surface area contributed by atoms with E-state index < -0.39 is 11.7 Å². The number of halogens is 3. The van der Waals surface area contributed by atoms with Crippen LogP contribution in [0.15, 0.2) is 54.6 Å². The highest BCUT2D eigenvalue weighted by Crippen LogP contribution is 2.31. The molecule has 1 unspecified atom stereocenters. The lowest BCUT2D eigenvalue weighted by Gasteiger charge is -2.19. The fourth-order valence-corrected chi connectivity index (χ4v) is 2.22. The van der Waals surface area contributed by atoms with E-state index in [0.717, 1.165) is 25.0 Å². The zero-order valence-electron chi connectivity index (χ0n) is 11.8. The molecule has 4 heteroatoms. The first-order valence-electron chi connectivity index (χ1n) is 6.96. The van der Waals surface area contributed by atoms with Crippen molar-refractivity contribution in [1.29, 1.82) is 0 Å².